The number of rotatable bonds is 10. The molecule has 1 aromatic heterocycles. The summed E-state index contributed by atoms with van der Waals surface area (Å²) in [5.74, 6) is 1.11. The number of aromatic nitrogens is 2. The minimum absolute atomic E-state index is 0.187. The quantitative estimate of drug-likeness (QED) is 0.275. The molecule has 48 heavy (non-hydrogen) atoms. The molecule has 0 aliphatic carbocycles. The van der Waals surface area contributed by atoms with E-state index in [4.69, 9.17) is 9.57 Å². The Balaban J connectivity index is 1.10. The molecule has 2 bridgehead atoms. The summed E-state index contributed by atoms with van der Waals surface area (Å²) in [6.07, 6.45) is 6.92. The summed E-state index contributed by atoms with van der Waals surface area (Å²) in [7, 11) is 1.63. The molecule has 2 unspecified atom stereocenters. The highest BCUT2D eigenvalue weighted by molar-refractivity contribution is 6.02. The van der Waals surface area contributed by atoms with Crippen LogP contribution in [-0.2, 0) is 9.63 Å². The molecule has 254 valence electrons. The Morgan fingerprint density at radius 2 is 1.85 bits per heavy atom. The average Bonchev–Trinajstić information content (AvgIpc) is 3.59. The first-order valence-corrected chi connectivity index (χ1v) is 17.0. The van der Waals surface area contributed by atoms with Gasteiger partial charge in [0.1, 0.15) is 23.7 Å². The lowest BCUT2D eigenvalue weighted by molar-refractivity contribution is -0.111. The fourth-order valence-electron chi connectivity index (χ4n) is 8.00. The number of carbonyl (C=O) groups excluding carboxylic acids is 1. The van der Waals surface area contributed by atoms with Crippen LogP contribution in [0.4, 0.5) is 33.1 Å². The number of carbonyl (C=O) groups is 1. The van der Waals surface area contributed by atoms with E-state index in [1.165, 1.54) is 38.0 Å². The molecule has 2 N–H and O–H groups in total. The minimum atomic E-state index is -0.287. The number of likely N-dealkylation sites (tertiary alicyclic amines) is 2. The van der Waals surface area contributed by atoms with Gasteiger partial charge < -0.3 is 25.2 Å². The molecule has 4 aliphatic heterocycles. The number of anilines is 5. The second kappa shape index (κ2) is 13.7. The second-order valence-corrected chi connectivity index (χ2v) is 13.2. The molecular formula is C36H45FN8O3. The number of fused-ring (bicyclic) bond motifs is 2. The largest absolute Gasteiger partial charge is 0.494 e. The van der Waals surface area contributed by atoms with Crippen molar-refractivity contribution in [2.45, 2.75) is 63.7 Å². The molecule has 5 heterocycles. The number of methoxy groups -OCH3 is 1. The standard InChI is InChI=1S/C36H45FN8O3/c1-5-36(46)41-29-17-30(40-34-19-35(39-22-38-34)45-31(9-12-48-45)24-13-23(3)14-25(37)15-24)33(47-4)18-32(29)43-10-7-26(8-11-43)44-27-16-28(44)21-42(6-2)20-27/h5,13-15,17-19,22,26-28,31H,1,6-12,16,20-21H2,2-4H3,(H,41,46)(H,38,39,40)/t27?,28?,31-/m1/s1. The molecule has 7 rings (SSSR count). The molecule has 3 aromatic rings. The lowest BCUT2D eigenvalue weighted by Gasteiger charge is -2.60. The fourth-order valence-corrected chi connectivity index (χ4v) is 8.00. The first kappa shape index (κ1) is 32.3. The van der Waals surface area contributed by atoms with Crippen molar-refractivity contribution in [1.82, 2.24) is 19.8 Å². The van der Waals surface area contributed by atoms with E-state index >= 15 is 0 Å². The smallest absolute Gasteiger partial charge is 0.247 e. The number of hydrogen-bond acceptors (Lipinski definition) is 10. The number of hydrogen-bond donors (Lipinski definition) is 2. The van der Waals surface area contributed by atoms with Crippen molar-refractivity contribution in [1.29, 1.82) is 0 Å². The molecule has 1 amide bonds. The number of halogens is 1. The third-order valence-corrected chi connectivity index (χ3v) is 10.3. The molecule has 0 saturated carbocycles. The number of benzene rings is 2. The Bertz CT molecular complexity index is 1630. The fraction of sp³-hybridized carbons (Fsp3) is 0.472. The van der Waals surface area contributed by atoms with Crippen molar-refractivity contribution >= 4 is 34.6 Å². The van der Waals surface area contributed by atoms with Crippen LogP contribution in [0.5, 0.6) is 5.75 Å². The SMILES string of the molecule is C=CC(=O)Nc1cc(Nc2cc(N3OCC[C@@H]3c3cc(C)cc(F)c3)ncn2)c(OC)cc1N1CCC(N2C3CC2CN(CC)C3)CC1. The third kappa shape index (κ3) is 6.44. The van der Waals surface area contributed by atoms with Gasteiger partial charge in [0.25, 0.3) is 0 Å². The number of hydroxylamine groups is 1. The Kier molecular flexibility index (Phi) is 9.21. The summed E-state index contributed by atoms with van der Waals surface area (Å²) in [6.45, 7) is 13.6. The van der Waals surface area contributed by atoms with Crippen LogP contribution in [0.2, 0.25) is 0 Å². The summed E-state index contributed by atoms with van der Waals surface area (Å²) in [4.78, 5) is 35.2. The van der Waals surface area contributed by atoms with Gasteiger partial charge in [-0.3, -0.25) is 14.5 Å². The van der Waals surface area contributed by atoms with Gasteiger partial charge in [0.15, 0.2) is 5.82 Å². The maximum absolute atomic E-state index is 14.3. The zero-order valence-electron chi connectivity index (χ0n) is 28.0. The van der Waals surface area contributed by atoms with Crippen molar-refractivity contribution < 1.29 is 18.8 Å². The Hall–Kier alpha value is -4.26. The van der Waals surface area contributed by atoms with E-state index in [2.05, 4.69) is 48.8 Å². The monoisotopic (exact) mass is 656 g/mol. The van der Waals surface area contributed by atoms with Crippen molar-refractivity contribution in [3.63, 3.8) is 0 Å². The van der Waals surface area contributed by atoms with Crippen LogP contribution in [-0.4, -0.2) is 90.2 Å². The summed E-state index contributed by atoms with van der Waals surface area (Å²) in [6, 6.07) is 12.5. The lowest BCUT2D eigenvalue weighted by Crippen LogP contribution is -2.71. The van der Waals surface area contributed by atoms with E-state index in [0.717, 1.165) is 49.3 Å². The van der Waals surface area contributed by atoms with Crippen LogP contribution in [0.25, 0.3) is 0 Å². The van der Waals surface area contributed by atoms with Crippen molar-refractivity contribution in [3.8, 4) is 5.75 Å². The molecule has 3 atom stereocenters. The highest BCUT2D eigenvalue weighted by atomic mass is 19.1. The van der Waals surface area contributed by atoms with Crippen LogP contribution in [0.1, 0.15) is 49.8 Å². The van der Waals surface area contributed by atoms with Crippen molar-refractivity contribution in [2.24, 2.45) is 0 Å². The number of piperazine rings is 1. The Morgan fingerprint density at radius 3 is 2.56 bits per heavy atom. The van der Waals surface area contributed by atoms with E-state index in [9.17, 15) is 9.18 Å². The van der Waals surface area contributed by atoms with Gasteiger partial charge in [0.2, 0.25) is 5.91 Å². The molecule has 4 fully saturated rings. The normalized spacial score (nSPS) is 23.1. The van der Waals surface area contributed by atoms with Gasteiger partial charge in [-0.2, -0.15) is 0 Å². The highest BCUT2D eigenvalue weighted by Crippen LogP contribution is 2.42. The lowest BCUT2D eigenvalue weighted by atomic mass is 9.83. The first-order valence-electron chi connectivity index (χ1n) is 17.0. The number of nitrogens with zero attached hydrogens (tertiary/aromatic N) is 6. The second-order valence-electron chi connectivity index (χ2n) is 13.2. The molecule has 2 aromatic carbocycles. The number of aryl methyl sites for hydroxylation is 1. The average molecular weight is 657 g/mol. The summed E-state index contributed by atoms with van der Waals surface area (Å²) < 4.78 is 20.1. The van der Waals surface area contributed by atoms with Gasteiger partial charge in [0.05, 0.1) is 36.8 Å². The van der Waals surface area contributed by atoms with Gasteiger partial charge in [-0.15, -0.1) is 0 Å². The third-order valence-electron chi connectivity index (χ3n) is 10.3. The Labute approximate surface area is 281 Å². The van der Waals surface area contributed by atoms with Gasteiger partial charge in [-0.1, -0.05) is 19.6 Å². The Morgan fingerprint density at radius 1 is 1.06 bits per heavy atom. The zero-order chi connectivity index (χ0) is 33.4. The van der Waals surface area contributed by atoms with Crippen LogP contribution >= 0.6 is 0 Å². The number of nitrogens with one attached hydrogen (secondary N) is 2. The predicted octanol–water partition coefficient (Wildman–Crippen LogP) is 5.43. The molecule has 11 nitrogen and oxygen atoms in total. The highest BCUT2D eigenvalue weighted by Gasteiger charge is 2.47. The van der Waals surface area contributed by atoms with Crippen molar-refractivity contribution in [3.05, 3.63) is 72.3 Å². The summed E-state index contributed by atoms with van der Waals surface area (Å²) in [5, 5.41) is 8.10. The van der Waals surface area contributed by atoms with Gasteiger partial charge in [-0.05, 0) is 68.1 Å². The van der Waals surface area contributed by atoms with Crippen LogP contribution < -0.4 is 25.3 Å². The number of piperidine rings is 2. The number of likely N-dealkylation sites (N-methyl/N-ethyl adjacent to an activating group) is 1. The summed E-state index contributed by atoms with van der Waals surface area (Å²) in [5.41, 5.74) is 3.89. The van der Waals surface area contributed by atoms with Gasteiger partial charge in [-0.25, -0.2) is 19.4 Å². The van der Waals surface area contributed by atoms with E-state index < -0.39 is 0 Å². The molecule has 0 spiro atoms. The predicted molar refractivity (Wildman–Crippen MR) is 185 cm³/mol. The van der Waals surface area contributed by atoms with Crippen LogP contribution in [0.15, 0.2) is 55.4 Å². The van der Waals surface area contributed by atoms with E-state index in [0.29, 0.717) is 59.9 Å². The molecule has 4 saturated heterocycles. The zero-order valence-corrected chi connectivity index (χ0v) is 28.0. The van der Waals surface area contributed by atoms with E-state index in [-0.39, 0.29) is 17.8 Å². The maximum atomic E-state index is 14.3. The van der Waals surface area contributed by atoms with E-state index in [1.54, 1.807) is 24.3 Å². The molecule has 4 aliphatic rings. The first-order chi connectivity index (χ1) is 23.3. The number of amides is 1. The molecule has 0 radical (unpaired) electrons. The van der Waals surface area contributed by atoms with Crippen LogP contribution in [0.3, 0.4) is 0 Å². The molecular weight excluding hydrogens is 611 g/mol. The molecule has 12 heteroatoms. The van der Waals surface area contributed by atoms with E-state index in [1.807, 2.05) is 25.1 Å². The van der Waals surface area contributed by atoms with Gasteiger partial charge >= 0.3 is 0 Å². The maximum Gasteiger partial charge on any atom is 0.247 e. The van der Waals surface area contributed by atoms with Crippen molar-refractivity contribution in [2.75, 3.05) is 67.0 Å². The summed E-state index contributed by atoms with van der Waals surface area (Å²) >= 11 is 0. The number of ether oxygens (including phenoxy) is 1. The topological polar surface area (TPSA) is 98.3 Å². The van der Waals surface area contributed by atoms with Crippen LogP contribution in [0, 0.1) is 12.7 Å². The van der Waals surface area contributed by atoms with Gasteiger partial charge in [0, 0.05) is 62.9 Å². The minimum Gasteiger partial charge on any atom is -0.494 e.